The van der Waals surface area contributed by atoms with Crippen molar-refractivity contribution in [2.45, 2.75) is 31.8 Å². The molecule has 0 radical (unpaired) electrons. The number of rotatable bonds is 6. The Morgan fingerprint density at radius 1 is 1.00 bits per heavy atom. The third-order valence-electron chi connectivity index (χ3n) is 4.87. The lowest BCUT2D eigenvalue weighted by Gasteiger charge is -2.27. The first kappa shape index (κ1) is 19.6. The molecule has 3 nitrogen and oxygen atoms in total. The Morgan fingerprint density at radius 2 is 1.76 bits per heavy atom. The van der Waals surface area contributed by atoms with E-state index in [-0.39, 0.29) is 12.4 Å². The third kappa shape index (κ3) is 5.65. The van der Waals surface area contributed by atoms with Crippen LogP contribution >= 0.6 is 0 Å². The second kappa shape index (κ2) is 9.69. The Bertz CT molecular complexity index is 654. The molecule has 4 heteroatoms. The Morgan fingerprint density at radius 3 is 2.52 bits per heavy atom. The lowest BCUT2D eigenvalue weighted by Crippen LogP contribution is -3.10. The van der Waals surface area contributed by atoms with Gasteiger partial charge in [-0.3, -0.25) is 0 Å². The zero-order valence-electron chi connectivity index (χ0n) is 15.1. The summed E-state index contributed by atoms with van der Waals surface area (Å²) < 4.78 is 11.6. The maximum Gasteiger partial charge on any atom is 0.122 e. The van der Waals surface area contributed by atoms with E-state index in [9.17, 15) is 0 Å². The monoisotopic (exact) mass is 361 g/mol. The van der Waals surface area contributed by atoms with Gasteiger partial charge in [0.1, 0.15) is 17.6 Å². The van der Waals surface area contributed by atoms with E-state index >= 15 is 0 Å². The smallest absolute Gasteiger partial charge is 0.122 e. The van der Waals surface area contributed by atoms with Crippen LogP contribution in [0.2, 0.25) is 0 Å². The van der Waals surface area contributed by atoms with Gasteiger partial charge in [0.25, 0.3) is 0 Å². The highest BCUT2D eigenvalue weighted by Gasteiger charge is 2.21. The largest absolute Gasteiger partial charge is 1.00 e. The fraction of sp³-hybridized carbons (Fsp3) is 0.429. The van der Waals surface area contributed by atoms with E-state index in [1.807, 2.05) is 6.07 Å². The molecule has 0 aliphatic carbocycles. The maximum atomic E-state index is 6.33. The van der Waals surface area contributed by atoms with Crippen LogP contribution in [0.3, 0.4) is 0 Å². The molecule has 1 heterocycles. The molecule has 1 saturated heterocycles. The molecule has 25 heavy (non-hydrogen) atoms. The summed E-state index contributed by atoms with van der Waals surface area (Å²) in [6.45, 7) is 2.41. The molecular formula is C21H28ClNO2. The Labute approximate surface area is 157 Å². The molecule has 3 rings (SSSR count). The molecule has 0 atom stereocenters. The van der Waals surface area contributed by atoms with Gasteiger partial charge < -0.3 is 26.8 Å². The fourth-order valence-corrected chi connectivity index (χ4v) is 3.31. The van der Waals surface area contributed by atoms with Gasteiger partial charge in [-0.15, -0.1) is 0 Å². The molecule has 136 valence electrons. The average Bonchev–Trinajstić information content (AvgIpc) is 2.63. The lowest BCUT2D eigenvalue weighted by atomic mass is 10.0. The van der Waals surface area contributed by atoms with E-state index < -0.39 is 0 Å². The van der Waals surface area contributed by atoms with Crippen molar-refractivity contribution in [3.8, 4) is 11.5 Å². The number of hydrogen-bond donors (Lipinski definition) is 1. The molecule has 2 aromatic carbocycles. The molecule has 0 saturated carbocycles. The van der Waals surface area contributed by atoms with Crippen LogP contribution in [0, 0.1) is 0 Å². The fourth-order valence-electron chi connectivity index (χ4n) is 3.31. The van der Waals surface area contributed by atoms with Crippen LogP contribution < -0.4 is 26.8 Å². The van der Waals surface area contributed by atoms with Gasteiger partial charge in [0.15, 0.2) is 0 Å². The Hall–Kier alpha value is -1.71. The normalized spacial score (nSPS) is 19.8. The van der Waals surface area contributed by atoms with Gasteiger partial charge in [-0.2, -0.15) is 0 Å². The number of likely N-dealkylation sites (tertiary alicyclic amines) is 1. The van der Waals surface area contributed by atoms with Crippen molar-refractivity contribution in [1.82, 2.24) is 0 Å². The number of methoxy groups -OCH3 is 1. The van der Waals surface area contributed by atoms with Gasteiger partial charge in [0.2, 0.25) is 0 Å². The Balaban J connectivity index is 0.00000225. The van der Waals surface area contributed by atoms with Crippen molar-refractivity contribution < 1.29 is 26.8 Å². The Kier molecular flexibility index (Phi) is 7.60. The summed E-state index contributed by atoms with van der Waals surface area (Å²) in [4.78, 5) is 1.61. The lowest BCUT2D eigenvalue weighted by molar-refractivity contribution is -0.885. The number of piperidine rings is 1. The zero-order valence-corrected chi connectivity index (χ0v) is 15.9. The number of ether oxygens (including phenoxy) is 2. The van der Waals surface area contributed by atoms with Crippen LogP contribution in [-0.2, 0) is 12.8 Å². The summed E-state index contributed by atoms with van der Waals surface area (Å²) in [6, 6.07) is 16.8. The maximum absolute atomic E-state index is 6.33. The van der Waals surface area contributed by atoms with Crippen molar-refractivity contribution in [2.75, 3.05) is 27.2 Å². The number of hydrogen-bond acceptors (Lipinski definition) is 2. The number of aryl methyl sites for hydroxylation is 2. The second-order valence-electron chi connectivity index (χ2n) is 6.73. The molecule has 1 aliphatic heterocycles. The van der Waals surface area contributed by atoms with E-state index in [0.29, 0.717) is 6.10 Å². The average molecular weight is 362 g/mol. The van der Waals surface area contributed by atoms with Crippen LogP contribution in [0.5, 0.6) is 11.5 Å². The quantitative estimate of drug-likeness (QED) is 0.752. The van der Waals surface area contributed by atoms with Crippen LogP contribution in [0.15, 0.2) is 48.5 Å². The van der Waals surface area contributed by atoms with E-state index in [1.165, 1.54) is 24.2 Å². The van der Waals surface area contributed by atoms with Gasteiger partial charge >= 0.3 is 0 Å². The first-order chi connectivity index (χ1) is 11.7. The molecule has 1 aliphatic rings. The topological polar surface area (TPSA) is 22.9 Å². The zero-order chi connectivity index (χ0) is 16.8. The standard InChI is InChI=1S/C21H27NO2.ClH/c1-22-14-12-19(13-15-22)24-21-9-4-3-7-18(21)11-10-17-6-5-8-20(16-17)23-2;/h3-9,16,19H,10-15H2,1-2H3;1H. The molecule has 0 amide bonds. The summed E-state index contributed by atoms with van der Waals surface area (Å²) >= 11 is 0. The van der Waals surface area contributed by atoms with Crippen LogP contribution in [0.25, 0.3) is 0 Å². The van der Waals surface area contributed by atoms with E-state index in [1.54, 1.807) is 12.0 Å². The number of benzene rings is 2. The van der Waals surface area contributed by atoms with Crippen molar-refractivity contribution in [2.24, 2.45) is 0 Å². The van der Waals surface area contributed by atoms with Crippen molar-refractivity contribution in [1.29, 1.82) is 0 Å². The van der Waals surface area contributed by atoms with Gasteiger partial charge in [-0.05, 0) is 42.2 Å². The highest BCUT2D eigenvalue weighted by molar-refractivity contribution is 5.35. The van der Waals surface area contributed by atoms with Crippen molar-refractivity contribution in [3.05, 3.63) is 59.7 Å². The van der Waals surface area contributed by atoms with Crippen LogP contribution in [-0.4, -0.2) is 33.4 Å². The van der Waals surface area contributed by atoms with Crippen LogP contribution in [0.1, 0.15) is 24.0 Å². The molecule has 1 fully saturated rings. The first-order valence-corrected chi connectivity index (χ1v) is 8.93. The second-order valence-corrected chi connectivity index (χ2v) is 6.73. The number of quaternary nitrogens is 1. The van der Waals surface area contributed by atoms with Gasteiger partial charge in [-0.25, -0.2) is 0 Å². The third-order valence-corrected chi connectivity index (χ3v) is 4.87. The minimum Gasteiger partial charge on any atom is -1.00 e. The molecule has 2 aromatic rings. The van der Waals surface area contributed by atoms with E-state index in [2.05, 4.69) is 49.5 Å². The van der Waals surface area contributed by atoms with Crippen LogP contribution in [0.4, 0.5) is 0 Å². The molecular weight excluding hydrogens is 334 g/mol. The SMILES string of the molecule is COc1cccc(CCc2ccccc2OC2CC[NH+](C)CC2)c1.[Cl-]. The molecule has 1 N–H and O–H groups in total. The molecule has 0 spiro atoms. The summed E-state index contributed by atoms with van der Waals surface area (Å²) in [6.07, 6.45) is 4.65. The molecule has 0 unspecified atom stereocenters. The van der Waals surface area contributed by atoms with Gasteiger partial charge in [-0.1, -0.05) is 30.3 Å². The molecule has 0 bridgehead atoms. The minimum absolute atomic E-state index is 0. The van der Waals surface area contributed by atoms with Gasteiger partial charge in [0.05, 0.1) is 27.2 Å². The van der Waals surface area contributed by atoms with Crippen molar-refractivity contribution in [3.63, 3.8) is 0 Å². The number of halogens is 1. The van der Waals surface area contributed by atoms with Crippen molar-refractivity contribution >= 4 is 0 Å². The molecule has 0 aromatic heterocycles. The predicted molar refractivity (Wildman–Crippen MR) is 97.1 cm³/mol. The van der Waals surface area contributed by atoms with E-state index in [4.69, 9.17) is 9.47 Å². The highest BCUT2D eigenvalue weighted by Crippen LogP contribution is 2.23. The highest BCUT2D eigenvalue weighted by atomic mass is 35.5. The summed E-state index contributed by atoms with van der Waals surface area (Å²) in [5.41, 5.74) is 2.60. The summed E-state index contributed by atoms with van der Waals surface area (Å²) in [7, 11) is 3.98. The van der Waals surface area contributed by atoms with Gasteiger partial charge in [0, 0.05) is 12.8 Å². The summed E-state index contributed by atoms with van der Waals surface area (Å²) in [5.74, 6) is 1.98. The van der Waals surface area contributed by atoms with E-state index in [0.717, 1.165) is 37.2 Å². The summed E-state index contributed by atoms with van der Waals surface area (Å²) in [5, 5.41) is 0. The first-order valence-electron chi connectivity index (χ1n) is 8.93. The minimum atomic E-state index is 0. The predicted octanol–water partition coefficient (Wildman–Crippen LogP) is -0.460. The number of nitrogens with one attached hydrogen (secondary N) is 1. The number of para-hydroxylation sites is 1.